The Balaban J connectivity index is 1.49. The van der Waals surface area contributed by atoms with Gasteiger partial charge >= 0.3 is 11.9 Å². The van der Waals surface area contributed by atoms with Crippen molar-refractivity contribution in [2.75, 3.05) is 0 Å². The van der Waals surface area contributed by atoms with Crippen molar-refractivity contribution in [3.8, 4) is 11.5 Å². The van der Waals surface area contributed by atoms with Crippen LogP contribution in [0.25, 0.3) is 0 Å². The Morgan fingerprint density at radius 1 is 0.528 bits per heavy atom. The second-order valence-corrected chi connectivity index (χ2v) is 8.68. The van der Waals surface area contributed by atoms with Crippen LogP contribution in [-0.4, -0.2) is 23.5 Å². The van der Waals surface area contributed by atoms with Crippen LogP contribution in [0.4, 0.5) is 0 Å². The van der Waals surface area contributed by atoms with E-state index >= 15 is 0 Å². The van der Waals surface area contributed by atoms with Crippen LogP contribution in [0, 0.1) is 0 Å². The normalized spacial score (nSPS) is 11.9. The molecule has 1 aliphatic rings. The van der Waals surface area contributed by atoms with E-state index in [9.17, 15) is 19.2 Å². The van der Waals surface area contributed by atoms with Crippen molar-refractivity contribution in [3.05, 3.63) is 128 Å². The molecule has 0 aliphatic heterocycles. The molecule has 8 heteroatoms. The second-order valence-electron chi connectivity index (χ2n) is 7.81. The molecule has 0 heterocycles. The number of hydrogen-bond donors (Lipinski definition) is 0. The quantitative estimate of drug-likeness (QED) is 0.208. The number of ether oxygens (including phenoxy) is 2. The van der Waals surface area contributed by atoms with Crippen LogP contribution in [0.1, 0.15) is 52.6 Å². The minimum atomic E-state index is -0.711. The van der Waals surface area contributed by atoms with E-state index in [1.165, 1.54) is 84.9 Å². The Hall–Kier alpha value is -4.26. The van der Waals surface area contributed by atoms with Crippen LogP contribution < -0.4 is 9.47 Å². The molecule has 5 rings (SSSR count). The third kappa shape index (κ3) is 4.28. The Labute approximate surface area is 215 Å². The van der Waals surface area contributed by atoms with E-state index in [1.54, 1.807) is 0 Å². The number of hydrogen-bond acceptors (Lipinski definition) is 6. The molecule has 4 aromatic rings. The first-order valence-electron chi connectivity index (χ1n) is 10.6. The van der Waals surface area contributed by atoms with Gasteiger partial charge in [0.05, 0.1) is 22.3 Å². The molecular weight excluding hydrogens is 503 g/mol. The summed E-state index contributed by atoms with van der Waals surface area (Å²) in [5.74, 6) is -2.61. The molecule has 4 aromatic carbocycles. The van der Waals surface area contributed by atoms with Crippen molar-refractivity contribution < 1.29 is 28.7 Å². The summed E-state index contributed by atoms with van der Waals surface area (Å²) in [6, 6.07) is 20.9. The highest BCUT2D eigenvalue weighted by atomic mass is 35.5. The molecule has 0 amide bonds. The van der Waals surface area contributed by atoms with E-state index in [1.807, 2.05) is 0 Å². The number of rotatable bonds is 4. The van der Waals surface area contributed by atoms with Crippen molar-refractivity contribution in [1.29, 1.82) is 0 Å². The highest BCUT2D eigenvalue weighted by molar-refractivity contribution is 6.31. The summed E-state index contributed by atoms with van der Waals surface area (Å²) < 4.78 is 11.0. The summed E-state index contributed by atoms with van der Waals surface area (Å²) in [5.41, 5.74) is 0.427. The number of esters is 2. The van der Waals surface area contributed by atoms with Crippen LogP contribution >= 0.6 is 23.2 Å². The first-order valence-corrected chi connectivity index (χ1v) is 11.4. The SMILES string of the molecule is O=C(Oc1cccc2c1C(=O)c1cccc(OC(=O)c3ccc(Cl)cc3)c1C2=O)c1ccc(Cl)cc1. The van der Waals surface area contributed by atoms with Gasteiger partial charge < -0.3 is 9.47 Å². The molecule has 0 saturated heterocycles. The Morgan fingerprint density at radius 3 is 1.25 bits per heavy atom. The Bertz CT molecular complexity index is 1440. The number of fused-ring (bicyclic) bond motifs is 2. The fourth-order valence-electron chi connectivity index (χ4n) is 3.84. The summed E-state index contributed by atoms with van der Waals surface area (Å²) >= 11 is 11.7. The van der Waals surface area contributed by atoms with Gasteiger partial charge in [0.15, 0.2) is 11.6 Å². The monoisotopic (exact) mass is 516 g/mol. The van der Waals surface area contributed by atoms with E-state index in [4.69, 9.17) is 32.7 Å². The zero-order valence-electron chi connectivity index (χ0n) is 18.3. The van der Waals surface area contributed by atoms with Gasteiger partial charge in [0.2, 0.25) is 0 Å². The van der Waals surface area contributed by atoms with Crippen LogP contribution in [0.3, 0.4) is 0 Å². The maximum atomic E-state index is 13.5. The lowest BCUT2D eigenvalue weighted by atomic mass is 9.83. The molecule has 0 spiro atoms. The van der Waals surface area contributed by atoms with E-state index in [0.717, 1.165) is 0 Å². The molecule has 0 bridgehead atoms. The third-order valence-corrected chi connectivity index (χ3v) is 6.06. The third-order valence-electron chi connectivity index (χ3n) is 5.56. The summed E-state index contributed by atoms with van der Waals surface area (Å²) in [6.07, 6.45) is 0. The van der Waals surface area contributed by atoms with Gasteiger partial charge in [0, 0.05) is 21.2 Å². The second kappa shape index (κ2) is 9.41. The number of halogens is 2. The molecule has 1 aliphatic carbocycles. The number of ketones is 2. The first-order chi connectivity index (χ1) is 17.3. The molecule has 36 heavy (non-hydrogen) atoms. The first kappa shape index (κ1) is 23.5. The van der Waals surface area contributed by atoms with E-state index < -0.39 is 23.5 Å². The molecule has 176 valence electrons. The maximum Gasteiger partial charge on any atom is 0.343 e. The lowest BCUT2D eigenvalue weighted by Crippen LogP contribution is -2.24. The molecule has 0 saturated carbocycles. The molecule has 0 fully saturated rings. The number of carbonyl (C=O) groups is 4. The summed E-state index contributed by atoms with van der Waals surface area (Å²) in [6.45, 7) is 0. The van der Waals surface area contributed by atoms with Crippen LogP contribution in [0.5, 0.6) is 11.5 Å². The molecule has 0 atom stereocenters. The van der Waals surface area contributed by atoms with Crippen molar-refractivity contribution in [3.63, 3.8) is 0 Å². The largest absolute Gasteiger partial charge is 0.422 e. The van der Waals surface area contributed by atoms with E-state index in [-0.39, 0.29) is 44.9 Å². The van der Waals surface area contributed by atoms with E-state index in [2.05, 4.69) is 0 Å². The van der Waals surface area contributed by atoms with Gasteiger partial charge in [0.25, 0.3) is 0 Å². The van der Waals surface area contributed by atoms with Crippen molar-refractivity contribution in [1.82, 2.24) is 0 Å². The van der Waals surface area contributed by atoms with Gasteiger partial charge in [-0.3, -0.25) is 9.59 Å². The minimum absolute atomic E-state index is 0.0314. The van der Waals surface area contributed by atoms with E-state index in [0.29, 0.717) is 10.0 Å². The molecule has 0 aromatic heterocycles. The average Bonchev–Trinajstić information content (AvgIpc) is 2.88. The standard InChI is InChI=1S/C28H14Cl2O6/c29-17-11-7-15(8-12-17)27(33)35-21-5-1-3-19-23(21)26(32)20-4-2-6-22(24(20)25(19)31)36-28(34)16-9-13-18(30)14-10-16/h1-14H. The van der Waals surface area contributed by atoms with Gasteiger partial charge in [-0.05, 0) is 60.7 Å². The predicted octanol–water partition coefficient (Wildman–Crippen LogP) is 6.21. The zero-order valence-corrected chi connectivity index (χ0v) is 19.8. The van der Waals surface area contributed by atoms with Gasteiger partial charge in [-0.15, -0.1) is 0 Å². The van der Waals surface area contributed by atoms with Gasteiger partial charge in [0.1, 0.15) is 11.5 Å². The summed E-state index contributed by atoms with van der Waals surface area (Å²) in [7, 11) is 0. The topological polar surface area (TPSA) is 86.7 Å². The molecular formula is C28H14Cl2O6. The highest BCUT2D eigenvalue weighted by Crippen LogP contribution is 2.37. The minimum Gasteiger partial charge on any atom is -0.422 e. The van der Waals surface area contributed by atoms with Crippen LogP contribution in [-0.2, 0) is 0 Å². The fraction of sp³-hybridized carbons (Fsp3) is 0. The molecule has 0 radical (unpaired) electrons. The van der Waals surface area contributed by atoms with Crippen molar-refractivity contribution in [2.45, 2.75) is 0 Å². The number of benzene rings is 4. The van der Waals surface area contributed by atoms with Crippen LogP contribution in [0.2, 0.25) is 10.0 Å². The molecule has 0 unspecified atom stereocenters. The summed E-state index contributed by atoms with van der Waals surface area (Å²) in [5, 5.41) is 0.905. The number of carbonyl (C=O) groups excluding carboxylic acids is 4. The lowest BCUT2D eigenvalue weighted by molar-refractivity contribution is 0.0718. The van der Waals surface area contributed by atoms with Gasteiger partial charge in [-0.2, -0.15) is 0 Å². The summed E-state index contributed by atoms with van der Waals surface area (Å²) in [4.78, 5) is 52.2. The molecule has 6 nitrogen and oxygen atoms in total. The zero-order chi connectivity index (χ0) is 25.4. The Kier molecular flexibility index (Phi) is 6.14. The lowest BCUT2D eigenvalue weighted by Gasteiger charge is -2.21. The fourth-order valence-corrected chi connectivity index (χ4v) is 4.09. The van der Waals surface area contributed by atoms with Crippen molar-refractivity contribution in [2.24, 2.45) is 0 Å². The molecule has 0 N–H and O–H groups in total. The van der Waals surface area contributed by atoms with Crippen molar-refractivity contribution >= 4 is 46.7 Å². The van der Waals surface area contributed by atoms with Crippen LogP contribution in [0.15, 0.2) is 84.9 Å². The Morgan fingerprint density at radius 2 is 0.889 bits per heavy atom. The maximum absolute atomic E-state index is 13.5. The van der Waals surface area contributed by atoms with Gasteiger partial charge in [-0.25, -0.2) is 9.59 Å². The predicted molar refractivity (Wildman–Crippen MR) is 133 cm³/mol. The average molecular weight is 517 g/mol. The smallest absolute Gasteiger partial charge is 0.343 e. The van der Waals surface area contributed by atoms with Gasteiger partial charge in [-0.1, -0.05) is 47.5 Å². The highest BCUT2D eigenvalue weighted by Gasteiger charge is 2.35.